The van der Waals surface area contributed by atoms with E-state index in [0.29, 0.717) is 35.9 Å². The lowest BCUT2D eigenvalue weighted by Gasteiger charge is -2.22. The molecule has 0 spiro atoms. The highest BCUT2D eigenvalue weighted by Gasteiger charge is 2.22. The number of benzene rings is 2. The maximum atomic E-state index is 11.9. The van der Waals surface area contributed by atoms with Crippen LogP contribution in [0.1, 0.15) is 0 Å². The first-order valence-electron chi connectivity index (χ1n) is 12.1. The molecule has 0 fully saturated rings. The molecule has 40 heavy (non-hydrogen) atoms. The lowest BCUT2D eigenvalue weighted by atomic mass is 10.1. The van der Waals surface area contributed by atoms with E-state index in [4.69, 9.17) is 9.29 Å². The summed E-state index contributed by atoms with van der Waals surface area (Å²) in [6.07, 6.45) is 4.41. The standard InChI is InChI=1S/C25H29N7O3.CH4O3S/c1-29(2)12-13-30(3)22-15-24(35-5)20(14-23(22)32(33)34)28-25-26-11-10-19(27-25)18-16-31(4)21-9-7-6-8-17(18)21;1-5(2,3)4/h6-11,14-16H,12-13H2,1-5H3,(H,26,27,28);1H3,(H,2,3,4). The molecule has 13 nitrogen and oxygen atoms in total. The van der Waals surface area contributed by atoms with Gasteiger partial charge in [-0.2, -0.15) is 8.42 Å². The van der Waals surface area contributed by atoms with Gasteiger partial charge in [-0.1, -0.05) is 18.2 Å². The molecule has 0 unspecified atom stereocenters. The predicted octanol–water partition coefficient (Wildman–Crippen LogP) is 3.80. The molecule has 214 valence electrons. The predicted molar refractivity (Wildman–Crippen MR) is 156 cm³/mol. The van der Waals surface area contributed by atoms with Crippen LogP contribution in [-0.2, 0) is 17.2 Å². The van der Waals surface area contributed by atoms with Crippen LogP contribution < -0.4 is 15.0 Å². The molecular formula is C26H33N7O6S. The van der Waals surface area contributed by atoms with Crippen molar-refractivity contribution in [2.75, 3.05) is 57.8 Å². The Kier molecular flexibility index (Phi) is 9.63. The average Bonchev–Trinajstić information content (AvgIpc) is 3.22. The first-order valence-corrected chi connectivity index (χ1v) is 13.9. The molecule has 4 aromatic rings. The van der Waals surface area contributed by atoms with Crippen molar-refractivity contribution in [3.63, 3.8) is 0 Å². The van der Waals surface area contributed by atoms with Gasteiger partial charge >= 0.3 is 0 Å². The van der Waals surface area contributed by atoms with Crippen molar-refractivity contribution >= 4 is 44.0 Å². The Morgan fingerprint density at radius 2 is 1.82 bits per heavy atom. The largest absolute Gasteiger partial charge is 0.494 e. The second-order valence-corrected chi connectivity index (χ2v) is 10.8. The highest BCUT2D eigenvalue weighted by Crippen LogP contribution is 2.39. The third kappa shape index (κ3) is 7.88. The highest BCUT2D eigenvalue weighted by atomic mass is 32.2. The molecule has 0 atom stereocenters. The van der Waals surface area contributed by atoms with Crippen LogP contribution in [0.25, 0.3) is 22.2 Å². The number of para-hydroxylation sites is 1. The van der Waals surface area contributed by atoms with E-state index in [-0.39, 0.29) is 10.6 Å². The van der Waals surface area contributed by atoms with Gasteiger partial charge in [-0.25, -0.2) is 9.97 Å². The van der Waals surface area contributed by atoms with Crippen LogP contribution in [0, 0.1) is 10.1 Å². The van der Waals surface area contributed by atoms with Crippen molar-refractivity contribution in [1.29, 1.82) is 0 Å². The quantitative estimate of drug-likeness (QED) is 0.171. The van der Waals surface area contributed by atoms with E-state index in [9.17, 15) is 18.5 Å². The molecule has 4 rings (SSSR count). The Labute approximate surface area is 232 Å². The first-order chi connectivity index (χ1) is 18.8. The zero-order chi connectivity index (χ0) is 29.6. The number of nitrogens with one attached hydrogen (secondary N) is 1. The Morgan fingerprint density at radius 1 is 1.15 bits per heavy atom. The lowest BCUT2D eigenvalue weighted by Crippen LogP contribution is -2.28. The van der Waals surface area contributed by atoms with E-state index in [1.165, 1.54) is 13.2 Å². The fourth-order valence-corrected chi connectivity index (χ4v) is 3.98. The van der Waals surface area contributed by atoms with Gasteiger partial charge in [0, 0.05) is 68.2 Å². The second-order valence-electron chi connectivity index (χ2n) is 9.32. The number of nitro groups is 1. The zero-order valence-electron chi connectivity index (χ0n) is 23.2. The summed E-state index contributed by atoms with van der Waals surface area (Å²) < 4.78 is 33.5. The summed E-state index contributed by atoms with van der Waals surface area (Å²) in [6, 6.07) is 13.1. The summed E-state index contributed by atoms with van der Waals surface area (Å²) in [4.78, 5) is 24.4. The smallest absolute Gasteiger partial charge is 0.294 e. The summed E-state index contributed by atoms with van der Waals surface area (Å²) in [7, 11) is 5.61. The van der Waals surface area contributed by atoms with Crippen LogP contribution in [0.15, 0.2) is 54.9 Å². The molecule has 0 aliphatic heterocycles. The van der Waals surface area contributed by atoms with Crippen molar-refractivity contribution in [3.8, 4) is 17.0 Å². The molecule has 0 bridgehead atoms. The van der Waals surface area contributed by atoms with Crippen LogP contribution in [0.4, 0.5) is 23.0 Å². The van der Waals surface area contributed by atoms with Gasteiger partial charge in [0.25, 0.3) is 15.8 Å². The van der Waals surface area contributed by atoms with Crippen molar-refractivity contribution in [2.24, 2.45) is 7.05 Å². The van der Waals surface area contributed by atoms with Crippen molar-refractivity contribution < 1.29 is 22.6 Å². The maximum absolute atomic E-state index is 11.9. The lowest BCUT2D eigenvalue weighted by molar-refractivity contribution is -0.384. The third-order valence-electron chi connectivity index (χ3n) is 5.86. The molecule has 2 aromatic carbocycles. The third-order valence-corrected chi connectivity index (χ3v) is 5.86. The average molecular weight is 572 g/mol. The van der Waals surface area contributed by atoms with Crippen LogP contribution >= 0.6 is 0 Å². The Balaban J connectivity index is 0.000000810. The van der Waals surface area contributed by atoms with Gasteiger partial charge < -0.3 is 24.4 Å². The summed E-state index contributed by atoms with van der Waals surface area (Å²) in [6.45, 7) is 1.38. The molecule has 2 heterocycles. The van der Waals surface area contributed by atoms with Gasteiger partial charge in [0.1, 0.15) is 11.4 Å². The number of likely N-dealkylation sites (N-methyl/N-ethyl adjacent to an activating group) is 2. The van der Waals surface area contributed by atoms with Crippen molar-refractivity contribution in [1.82, 2.24) is 19.4 Å². The van der Waals surface area contributed by atoms with E-state index < -0.39 is 10.1 Å². The molecule has 0 saturated carbocycles. The van der Waals surface area contributed by atoms with Gasteiger partial charge in [-0.3, -0.25) is 14.7 Å². The number of ether oxygens (including phenoxy) is 1. The number of rotatable bonds is 9. The molecule has 0 aliphatic carbocycles. The molecule has 2 aromatic heterocycles. The number of aromatic nitrogens is 3. The highest BCUT2D eigenvalue weighted by molar-refractivity contribution is 7.85. The number of fused-ring (bicyclic) bond motifs is 1. The SMILES string of the molecule is COc1cc(N(C)CCN(C)C)c([N+](=O)[O-])cc1Nc1nccc(-c2cn(C)c3ccccc23)n1.CS(=O)(=O)O. The molecular weight excluding hydrogens is 538 g/mol. The van der Waals surface area contributed by atoms with E-state index in [1.54, 1.807) is 12.3 Å². The molecule has 0 amide bonds. The minimum atomic E-state index is -3.67. The minimum Gasteiger partial charge on any atom is -0.494 e. The van der Waals surface area contributed by atoms with Gasteiger partial charge in [-0.15, -0.1) is 0 Å². The summed E-state index contributed by atoms with van der Waals surface area (Å²) in [5.74, 6) is 0.776. The van der Waals surface area contributed by atoms with E-state index in [1.807, 2.05) is 62.4 Å². The zero-order valence-corrected chi connectivity index (χ0v) is 24.0. The number of aryl methyl sites for hydroxylation is 1. The second kappa shape index (κ2) is 12.7. The summed E-state index contributed by atoms with van der Waals surface area (Å²) in [5.41, 5.74) is 3.68. The Morgan fingerprint density at radius 3 is 2.45 bits per heavy atom. The number of nitrogens with zero attached hydrogens (tertiary/aromatic N) is 6. The molecule has 0 radical (unpaired) electrons. The number of hydrogen-bond acceptors (Lipinski definition) is 10. The topological polar surface area (TPSA) is 156 Å². The van der Waals surface area contributed by atoms with Crippen LogP contribution in [0.5, 0.6) is 5.75 Å². The number of nitro benzene ring substituents is 1. The number of methoxy groups -OCH3 is 1. The minimum absolute atomic E-state index is 0.0280. The van der Waals surface area contributed by atoms with E-state index >= 15 is 0 Å². The van der Waals surface area contributed by atoms with E-state index in [2.05, 4.69) is 32.0 Å². The Bertz CT molecular complexity index is 1600. The molecule has 2 N–H and O–H groups in total. The van der Waals surface area contributed by atoms with Gasteiger partial charge in [0.2, 0.25) is 5.95 Å². The van der Waals surface area contributed by atoms with Gasteiger partial charge in [-0.05, 0) is 26.2 Å². The van der Waals surface area contributed by atoms with Crippen LogP contribution in [0.3, 0.4) is 0 Å². The number of anilines is 3. The number of hydrogen-bond donors (Lipinski definition) is 2. The van der Waals surface area contributed by atoms with Crippen LogP contribution in [-0.4, -0.2) is 84.9 Å². The fourth-order valence-electron chi connectivity index (χ4n) is 3.98. The normalized spacial score (nSPS) is 11.2. The van der Waals surface area contributed by atoms with E-state index in [0.717, 1.165) is 28.7 Å². The van der Waals surface area contributed by atoms with Crippen molar-refractivity contribution in [3.05, 3.63) is 65.0 Å². The van der Waals surface area contributed by atoms with Crippen molar-refractivity contribution in [2.45, 2.75) is 0 Å². The molecule has 14 heteroatoms. The van der Waals surface area contributed by atoms with Crippen LogP contribution in [0.2, 0.25) is 0 Å². The molecule has 0 saturated heterocycles. The monoisotopic (exact) mass is 571 g/mol. The van der Waals surface area contributed by atoms with Gasteiger partial charge in [0.05, 0.1) is 29.7 Å². The fraction of sp³-hybridized carbons (Fsp3) is 0.308. The first kappa shape index (κ1) is 30.3. The maximum Gasteiger partial charge on any atom is 0.294 e. The summed E-state index contributed by atoms with van der Waals surface area (Å²) >= 11 is 0. The molecule has 0 aliphatic rings. The summed E-state index contributed by atoms with van der Waals surface area (Å²) in [5, 5.41) is 16.1. The Hall–Kier alpha value is -4.27. The van der Waals surface area contributed by atoms with Gasteiger partial charge in [0.15, 0.2) is 0 Å².